The second kappa shape index (κ2) is 12.1. The molecule has 0 aliphatic heterocycles. The third-order valence-corrected chi connectivity index (χ3v) is 11.9. The third-order valence-electron chi connectivity index (χ3n) is 5.65. The van der Waals surface area contributed by atoms with Gasteiger partial charge in [0.15, 0.2) is 0 Å². The maximum atomic E-state index is 12.3. The van der Waals surface area contributed by atoms with Crippen LogP contribution in [-0.4, -0.2) is 27.6 Å². The van der Waals surface area contributed by atoms with Crippen LogP contribution in [-0.2, 0) is 16.1 Å². The molecule has 0 heterocycles. The van der Waals surface area contributed by atoms with E-state index in [2.05, 4.69) is 53.0 Å². The van der Waals surface area contributed by atoms with Crippen molar-refractivity contribution in [3.05, 3.63) is 29.8 Å². The number of benzene rings is 1. The fourth-order valence-corrected chi connectivity index (χ4v) is 9.30. The van der Waals surface area contributed by atoms with Crippen LogP contribution in [0.15, 0.2) is 24.3 Å². The third kappa shape index (κ3) is 7.11. The Morgan fingerprint density at radius 2 is 1.54 bits per heavy atom. The van der Waals surface area contributed by atoms with Crippen LogP contribution in [0.5, 0.6) is 5.75 Å². The van der Waals surface area contributed by atoms with Gasteiger partial charge in [-0.1, -0.05) is 53.7 Å². The van der Waals surface area contributed by atoms with Crippen LogP contribution in [0.3, 0.4) is 0 Å². The summed E-state index contributed by atoms with van der Waals surface area (Å²) in [6.45, 7) is 14.9. The first-order valence-corrected chi connectivity index (χ1v) is 12.7. The molecule has 0 saturated heterocycles. The Morgan fingerprint density at radius 1 is 0.964 bits per heavy atom. The molecule has 156 valence electrons. The number of ketones is 1. The molecule has 1 rings (SSSR count). The molecular weight excluding hydrogens is 364 g/mol. The summed E-state index contributed by atoms with van der Waals surface area (Å²) in [5.41, 5.74) is 6.30. The summed E-state index contributed by atoms with van der Waals surface area (Å²) < 4.78 is 10.8. The highest BCUT2D eigenvalue weighted by Gasteiger charge is 2.41. The van der Waals surface area contributed by atoms with Gasteiger partial charge in [-0.15, -0.1) is 5.54 Å². The van der Waals surface area contributed by atoms with E-state index >= 15 is 0 Å². The second-order valence-corrected chi connectivity index (χ2v) is 14.0. The van der Waals surface area contributed by atoms with Gasteiger partial charge in [-0.25, -0.2) is 0 Å². The van der Waals surface area contributed by atoms with Crippen LogP contribution in [0, 0.1) is 11.5 Å². The lowest BCUT2D eigenvalue weighted by Gasteiger charge is -2.37. The van der Waals surface area contributed by atoms with E-state index in [1.807, 2.05) is 24.3 Å². The Hall–Kier alpha value is -1.57. The van der Waals surface area contributed by atoms with Gasteiger partial charge in [0.1, 0.15) is 13.8 Å². The van der Waals surface area contributed by atoms with Crippen molar-refractivity contribution in [3.63, 3.8) is 0 Å². The number of carbonyl (C=O) groups is 1. The molecule has 0 fully saturated rings. The molecule has 4 heteroatoms. The molecule has 0 amide bonds. The number of Topliss-reactive ketones (excluding diaryl/α,β-unsaturated/α-hetero) is 1. The molecule has 3 nitrogen and oxygen atoms in total. The first-order chi connectivity index (χ1) is 13.2. The van der Waals surface area contributed by atoms with Crippen molar-refractivity contribution < 1.29 is 14.3 Å². The highest BCUT2D eigenvalue weighted by atomic mass is 28.3. The maximum absolute atomic E-state index is 12.3. The smallest absolute Gasteiger partial charge is 0.204 e. The average molecular weight is 403 g/mol. The van der Waals surface area contributed by atoms with Gasteiger partial charge in [-0.3, -0.25) is 4.79 Å². The van der Waals surface area contributed by atoms with Crippen LogP contribution in [0.25, 0.3) is 0 Å². The van der Waals surface area contributed by atoms with E-state index in [1.54, 1.807) is 7.11 Å². The molecular formula is C24H38O3Si. The number of rotatable bonds is 11. The minimum Gasteiger partial charge on any atom is -0.497 e. The topological polar surface area (TPSA) is 35.5 Å². The number of hydrogen-bond donors (Lipinski definition) is 0. The largest absolute Gasteiger partial charge is 0.497 e. The molecule has 1 aromatic rings. The Bertz CT molecular complexity index is 629. The summed E-state index contributed by atoms with van der Waals surface area (Å²) in [4.78, 5) is 12.3. The summed E-state index contributed by atoms with van der Waals surface area (Å²) in [6, 6.07) is 7.88. The Kier molecular flexibility index (Phi) is 10.6. The number of carbonyl (C=O) groups excluding carboxylic acids is 1. The molecule has 0 aromatic heterocycles. The van der Waals surface area contributed by atoms with Crippen LogP contribution >= 0.6 is 0 Å². The van der Waals surface area contributed by atoms with Gasteiger partial charge in [0.25, 0.3) is 0 Å². The Balaban J connectivity index is 2.39. The van der Waals surface area contributed by atoms with Crippen molar-refractivity contribution >= 4 is 13.9 Å². The fraction of sp³-hybridized carbons (Fsp3) is 0.625. The van der Waals surface area contributed by atoms with Crippen molar-refractivity contribution in [3.8, 4) is 17.2 Å². The van der Waals surface area contributed by atoms with Gasteiger partial charge < -0.3 is 9.47 Å². The molecule has 0 aliphatic carbocycles. The predicted molar refractivity (Wildman–Crippen MR) is 120 cm³/mol. The van der Waals surface area contributed by atoms with E-state index in [9.17, 15) is 4.79 Å². The number of ether oxygens (including phenoxy) is 2. The lowest BCUT2D eigenvalue weighted by Crippen LogP contribution is -2.43. The number of hydrogen-bond acceptors (Lipinski definition) is 3. The van der Waals surface area contributed by atoms with Gasteiger partial charge >= 0.3 is 0 Å². The molecule has 0 spiro atoms. The van der Waals surface area contributed by atoms with E-state index in [4.69, 9.17) is 9.47 Å². The molecule has 1 aromatic carbocycles. The minimum absolute atomic E-state index is 0.0778. The summed E-state index contributed by atoms with van der Waals surface area (Å²) in [5.74, 6) is 3.94. The maximum Gasteiger partial charge on any atom is 0.204 e. The normalized spacial score (nSPS) is 11.6. The molecule has 0 atom stereocenters. The summed E-state index contributed by atoms with van der Waals surface area (Å²) in [7, 11) is -0.150. The highest BCUT2D eigenvalue weighted by Crippen LogP contribution is 2.40. The van der Waals surface area contributed by atoms with Crippen LogP contribution < -0.4 is 4.74 Å². The first kappa shape index (κ1) is 24.5. The van der Waals surface area contributed by atoms with E-state index < -0.39 is 8.07 Å². The number of methoxy groups -OCH3 is 1. The Labute approximate surface area is 173 Å². The monoisotopic (exact) mass is 402 g/mol. The van der Waals surface area contributed by atoms with Gasteiger partial charge in [-0.2, -0.15) is 0 Å². The highest BCUT2D eigenvalue weighted by molar-refractivity contribution is 6.90. The minimum atomic E-state index is -1.81. The van der Waals surface area contributed by atoms with Crippen molar-refractivity contribution in [2.75, 3.05) is 13.7 Å². The molecule has 0 unspecified atom stereocenters. The van der Waals surface area contributed by atoms with Crippen molar-refractivity contribution in [2.45, 2.75) is 84.0 Å². The van der Waals surface area contributed by atoms with Crippen LogP contribution in [0.2, 0.25) is 16.6 Å². The predicted octanol–water partition coefficient (Wildman–Crippen LogP) is 6.17. The van der Waals surface area contributed by atoms with E-state index in [-0.39, 0.29) is 5.78 Å². The SMILES string of the molecule is COc1ccc(COCCCCC(=O)C#C[Si](C(C)C)(C(C)C)C(C)C)cc1. The molecule has 0 saturated carbocycles. The fourth-order valence-electron chi connectivity index (χ4n) is 4.07. The van der Waals surface area contributed by atoms with Crippen molar-refractivity contribution in [1.29, 1.82) is 0 Å². The van der Waals surface area contributed by atoms with Gasteiger partial charge in [0, 0.05) is 13.0 Å². The van der Waals surface area contributed by atoms with Crippen molar-refractivity contribution in [1.82, 2.24) is 0 Å². The van der Waals surface area contributed by atoms with E-state index in [1.165, 1.54) is 0 Å². The second-order valence-electron chi connectivity index (χ2n) is 8.43. The van der Waals surface area contributed by atoms with Crippen molar-refractivity contribution in [2.24, 2.45) is 0 Å². The van der Waals surface area contributed by atoms with Crippen LogP contribution in [0.4, 0.5) is 0 Å². The van der Waals surface area contributed by atoms with Gasteiger partial charge in [0.05, 0.1) is 13.7 Å². The van der Waals surface area contributed by atoms with Crippen LogP contribution in [0.1, 0.15) is 66.4 Å². The molecule has 28 heavy (non-hydrogen) atoms. The summed E-state index contributed by atoms with van der Waals surface area (Å²) in [5, 5.41) is 0. The first-order valence-electron chi connectivity index (χ1n) is 10.5. The lowest BCUT2D eigenvalue weighted by molar-refractivity contribution is -0.113. The molecule has 0 radical (unpaired) electrons. The average Bonchev–Trinajstić information content (AvgIpc) is 2.64. The molecule has 0 aliphatic rings. The zero-order chi connectivity index (χ0) is 21.2. The number of unbranched alkanes of at least 4 members (excludes halogenated alkanes) is 1. The Morgan fingerprint density at radius 3 is 2.04 bits per heavy atom. The molecule has 0 bridgehead atoms. The summed E-state index contributed by atoms with van der Waals surface area (Å²) >= 11 is 0. The van der Waals surface area contributed by atoms with E-state index in [0.29, 0.717) is 36.3 Å². The zero-order valence-electron chi connectivity index (χ0n) is 18.8. The van der Waals surface area contributed by atoms with E-state index in [0.717, 1.165) is 24.2 Å². The quantitative estimate of drug-likeness (QED) is 0.252. The standard InChI is InChI=1S/C24H38O3Si/c1-19(2)28(20(3)4,21(5)6)17-15-23(25)10-8-9-16-27-18-22-11-13-24(26-7)14-12-22/h11-14,19-21H,8-10,16,18H2,1-7H3. The zero-order valence-corrected chi connectivity index (χ0v) is 19.8. The summed E-state index contributed by atoms with van der Waals surface area (Å²) in [6.07, 6.45) is 2.23. The van der Waals surface area contributed by atoms with Gasteiger partial charge in [0.2, 0.25) is 5.78 Å². The molecule has 0 N–H and O–H groups in total. The van der Waals surface area contributed by atoms with Gasteiger partial charge in [-0.05, 0) is 53.1 Å². The lowest BCUT2D eigenvalue weighted by atomic mass is 10.2.